The fourth-order valence-corrected chi connectivity index (χ4v) is 1.44. The number of aliphatic carboxylic acids is 1. The summed E-state index contributed by atoms with van der Waals surface area (Å²) in [6.45, 7) is -0.163. The summed E-state index contributed by atoms with van der Waals surface area (Å²) in [7, 11) is 0. The van der Waals surface area contributed by atoms with Gasteiger partial charge in [0.2, 0.25) is 5.91 Å². The van der Waals surface area contributed by atoms with Crippen molar-refractivity contribution < 1.29 is 19.8 Å². The summed E-state index contributed by atoms with van der Waals surface area (Å²) in [6.07, 6.45) is -0.669. The molecule has 0 bridgehead atoms. The second kappa shape index (κ2) is 3.71. The monoisotopic (exact) mass is 188 g/mol. The van der Waals surface area contributed by atoms with E-state index in [4.69, 9.17) is 15.9 Å². The molecule has 2 atom stereocenters. The van der Waals surface area contributed by atoms with Gasteiger partial charge in [-0.1, -0.05) is 0 Å². The lowest BCUT2D eigenvalue weighted by Crippen LogP contribution is -2.43. The Morgan fingerprint density at radius 1 is 1.54 bits per heavy atom. The van der Waals surface area contributed by atoms with Gasteiger partial charge in [0.05, 0.1) is 12.6 Å². The largest absolute Gasteiger partial charge is 0.480 e. The van der Waals surface area contributed by atoms with Crippen molar-refractivity contribution in [1.82, 2.24) is 4.90 Å². The van der Waals surface area contributed by atoms with E-state index in [0.29, 0.717) is 0 Å². The summed E-state index contributed by atoms with van der Waals surface area (Å²) >= 11 is 0. The Labute approximate surface area is 74.9 Å². The average molecular weight is 188 g/mol. The molecule has 0 saturated carbocycles. The van der Waals surface area contributed by atoms with E-state index in [-0.39, 0.29) is 19.5 Å². The van der Waals surface area contributed by atoms with Crippen molar-refractivity contribution in [2.24, 2.45) is 5.73 Å². The summed E-state index contributed by atoms with van der Waals surface area (Å²) in [5.41, 5.74) is 5.09. The van der Waals surface area contributed by atoms with Crippen molar-refractivity contribution in [2.45, 2.75) is 18.6 Å². The number of carbonyl (C=O) groups is 2. The van der Waals surface area contributed by atoms with Crippen molar-refractivity contribution in [3.05, 3.63) is 0 Å². The minimum absolute atomic E-state index is 0.0625. The van der Waals surface area contributed by atoms with E-state index in [1.54, 1.807) is 0 Å². The van der Waals surface area contributed by atoms with Crippen LogP contribution < -0.4 is 5.73 Å². The first-order valence-corrected chi connectivity index (χ1v) is 3.96. The smallest absolute Gasteiger partial charge is 0.326 e. The average Bonchev–Trinajstić information content (AvgIpc) is 2.46. The number of likely N-dealkylation sites (tertiary alicyclic amines) is 1. The van der Waals surface area contributed by atoms with Crippen LogP contribution in [0.3, 0.4) is 0 Å². The topological polar surface area (TPSA) is 104 Å². The van der Waals surface area contributed by atoms with E-state index in [1.165, 1.54) is 0 Å². The number of carboxylic acids is 1. The molecule has 0 radical (unpaired) electrons. The maximum atomic E-state index is 11.1. The predicted octanol–water partition coefficient (Wildman–Crippen LogP) is -2.01. The first-order valence-electron chi connectivity index (χ1n) is 3.96. The Balaban J connectivity index is 2.71. The molecule has 1 aliphatic rings. The van der Waals surface area contributed by atoms with Gasteiger partial charge >= 0.3 is 5.97 Å². The van der Waals surface area contributed by atoms with E-state index >= 15 is 0 Å². The molecule has 1 heterocycles. The van der Waals surface area contributed by atoms with Crippen LogP contribution in [0.25, 0.3) is 0 Å². The SMILES string of the molecule is NCC(=O)N1CC(O)C[C@H]1C(=O)O. The molecule has 1 rings (SSSR count). The fourth-order valence-electron chi connectivity index (χ4n) is 1.44. The highest BCUT2D eigenvalue weighted by Gasteiger charge is 2.38. The lowest BCUT2D eigenvalue weighted by atomic mass is 10.2. The molecule has 13 heavy (non-hydrogen) atoms. The quantitative estimate of drug-likeness (QED) is 0.464. The second-order valence-electron chi connectivity index (χ2n) is 2.99. The van der Waals surface area contributed by atoms with Crippen LogP contribution in [0.2, 0.25) is 0 Å². The third-order valence-corrected chi connectivity index (χ3v) is 2.06. The number of hydrogen-bond acceptors (Lipinski definition) is 4. The number of aliphatic hydroxyl groups is 1. The Morgan fingerprint density at radius 2 is 2.15 bits per heavy atom. The van der Waals surface area contributed by atoms with Gasteiger partial charge in [-0.25, -0.2) is 4.79 Å². The van der Waals surface area contributed by atoms with Crippen LogP contribution in [0.4, 0.5) is 0 Å². The van der Waals surface area contributed by atoms with E-state index in [0.717, 1.165) is 4.90 Å². The highest BCUT2D eigenvalue weighted by Crippen LogP contribution is 2.17. The van der Waals surface area contributed by atoms with Crippen LogP contribution in [0.1, 0.15) is 6.42 Å². The molecule has 0 spiro atoms. The summed E-state index contributed by atoms with van der Waals surface area (Å²) in [5, 5.41) is 17.9. The normalized spacial score (nSPS) is 27.7. The molecule has 0 aromatic heterocycles. The third kappa shape index (κ3) is 1.96. The molecule has 0 aliphatic carbocycles. The molecule has 74 valence electrons. The van der Waals surface area contributed by atoms with Gasteiger partial charge in [0.15, 0.2) is 0 Å². The predicted molar refractivity (Wildman–Crippen MR) is 42.8 cm³/mol. The van der Waals surface area contributed by atoms with E-state index < -0.39 is 24.0 Å². The van der Waals surface area contributed by atoms with Crippen molar-refractivity contribution in [1.29, 1.82) is 0 Å². The number of rotatable bonds is 2. The zero-order chi connectivity index (χ0) is 10.0. The van der Waals surface area contributed by atoms with Crippen LogP contribution in [0.5, 0.6) is 0 Å². The van der Waals surface area contributed by atoms with Gasteiger partial charge in [0.25, 0.3) is 0 Å². The summed E-state index contributed by atoms with van der Waals surface area (Å²) in [6, 6.07) is -0.925. The van der Waals surface area contributed by atoms with E-state index in [9.17, 15) is 9.59 Å². The van der Waals surface area contributed by atoms with Crippen LogP contribution >= 0.6 is 0 Å². The maximum absolute atomic E-state index is 11.1. The highest BCUT2D eigenvalue weighted by molar-refractivity contribution is 5.85. The van der Waals surface area contributed by atoms with Crippen LogP contribution in [-0.2, 0) is 9.59 Å². The van der Waals surface area contributed by atoms with Gasteiger partial charge in [-0.15, -0.1) is 0 Å². The zero-order valence-electron chi connectivity index (χ0n) is 7.01. The highest BCUT2D eigenvalue weighted by atomic mass is 16.4. The van der Waals surface area contributed by atoms with Crippen molar-refractivity contribution in [2.75, 3.05) is 13.1 Å². The minimum atomic E-state index is -1.10. The maximum Gasteiger partial charge on any atom is 0.326 e. The van der Waals surface area contributed by atoms with E-state index in [1.807, 2.05) is 0 Å². The number of carbonyl (C=O) groups excluding carboxylic acids is 1. The summed E-state index contributed by atoms with van der Waals surface area (Å²) < 4.78 is 0. The Hall–Kier alpha value is -1.14. The fraction of sp³-hybridized carbons (Fsp3) is 0.714. The lowest BCUT2D eigenvalue weighted by molar-refractivity contribution is -0.147. The zero-order valence-corrected chi connectivity index (χ0v) is 7.01. The minimum Gasteiger partial charge on any atom is -0.480 e. The van der Waals surface area contributed by atoms with Crippen molar-refractivity contribution in [3.63, 3.8) is 0 Å². The first-order chi connectivity index (χ1) is 6.06. The third-order valence-electron chi connectivity index (χ3n) is 2.06. The lowest BCUT2D eigenvalue weighted by Gasteiger charge is -2.19. The molecule has 1 saturated heterocycles. The number of aliphatic hydroxyl groups excluding tert-OH is 1. The van der Waals surface area contributed by atoms with Crippen LogP contribution in [-0.4, -0.2) is 52.2 Å². The molecule has 6 heteroatoms. The standard InChI is InChI=1S/C7H12N2O4/c8-2-6(11)9-3-4(10)1-5(9)7(12)13/h4-5,10H,1-3,8H2,(H,12,13)/t4?,5-/m0/s1. The van der Waals surface area contributed by atoms with Gasteiger partial charge in [0.1, 0.15) is 6.04 Å². The molecular weight excluding hydrogens is 176 g/mol. The number of nitrogens with zero attached hydrogens (tertiary/aromatic N) is 1. The number of nitrogens with two attached hydrogens (primary N) is 1. The van der Waals surface area contributed by atoms with Gasteiger partial charge < -0.3 is 20.8 Å². The molecule has 1 unspecified atom stereocenters. The number of hydrogen-bond donors (Lipinski definition) is 3. The molecule has 1 fully saturated rings. The van der Waals surface area contributed by atoms with Crippen molar-refractivity contribution in [3.8, 4) is 0 Å². The summed E-state index contributed by atoms with van der Waals surface area (Å²) in [4.78, 5) is 22.8. The van der Waals surface area contributed by atoms with Crippen molar-refractivity contribution >= 4 is 11.9 Å². The van der Waals surface area contributed by atoms with Gasteiger partial charge in [-0.05, 0) is 0 Å². The molecule has 0 aromatic rings. The molecule has 1 amide bonds. The Bertz CT molecular complexity index is 231. The number of β-amino-alcohol motifs (C(OH)–C–C–N with tert-alkyl or cyclic N) is 1. The van der Waals surface area contributed by atoms with E-state index in [2.05, 4.69) is 0 Å². The molecule has 0 aromatic carbocycles. The Morgan fingerprint density at radius 3 is 2.62 bits per heavy atom. The first kappa shape index (κ1) is 9.94. The van der Waals surface area contributed by atoms with Gasteiger partial charge in [-0.2, -0.15) is 0 Å². The molecular formula is C7H12N2O4. The Kier molecular flexibility index (Phi) is 2.84. The second-order valence-corrected chi connectivity index (χ2v) is 2.99. The molecule has 4 N–H and O–H groups in total. The van der Waals surface area contributed by atoms with Gasteiger partial charge in [-0.3, -0.25) is 4.79 Å². The number of amides is 1. The molecule has 6 nitrogen and oxygen atoms in total. The van der Waals surface area contributed by atoms with Gasteiger partial charge in [0, 0.05) is 13.0 Å². The summed E-state index contributed by atoms with van der Waals surface area (Å²) in [5.74, 6) is -1.54. The van der Waals surface area contributed by atoms with Crippen LogP contribution in [0.15, 0.2) is 0 Å². The number of carboxylic acid groups (broad SMARTS) is 1. The van der Waals surface area contributed by atoms with Crippen LogP contribution in [0, 0.1) is 0 Å². The molecule has 1 aliphatic heterocycles.